The number of nitrogens with one attached hydrogen (secondary N) is 2. The van der Waals surface area contributed by atoms with E-state index in [1.165, 1.54) is 5.56 Å². The average Bonchev–Trinajstić information content (AvgIpc) is 3.00. The van der Waals surface area contributed by atoms with Crippen molar-refractivity contribution >= 4 is 23.5 Å². The molecule has 2 aromatic heterocycles. The van der Waals surface area contributed by atoms with Crippen LogP contribution in [0.2, 0.25) is 0 Å². The van der Waals surface area contributed by atoms with Crippen molar-refractivity contribution in [3.05, 3.63) is 35.8 Å². The van der Waals surface area contributed by atoms with E-state index >= 15 is 0 Å². The molecule has 6 nitrogen and oxygen atoms in total. The largest absolute Gasteiger partial charge is 0.353 e. The van der Waals surface area contributed by atoms with Gasteiger partial charge >= 0.3 is 0 Å². The number of carbonyl (C=O) groups excluding carboxylic acids is 1. The highest BCUT2D eigenvalue weighted by Gasteiger charge is 2.41. The van der Waals surface area contributed by atoms with Crippen LogP contribution in [0.5, 0.6) is 0 Å². The maximum atomic E-state index is 12.7. The Bertz CT molecular complexity index is 866. The predicted octanol–water partition coefficient (Wildman–Crippen LogP) is 3.60. The van der Waals surface area contributed by atoms with E-state index in [2.05, 4.69) is 40.5 Å². The van der Waals surface area contributed by atoms with Crippen LogP contribution in [0.3, 0.4) is 0 Å². The summed E-state index contributed by atoms with van der Waals surface area (Å²) < 4.78 is 2.05. The van der Waals surface area contributed by atoms with Crippen molar-refractivity contribution in [2.24, 2.45) is 11.8 Å². The van der Waals surface area contributed by atoms with Crippen molar-refractivity contribution in [3.8, 4) is 5.82 Å². The van der Waals surface area contributed by atoms with Crippen LogP contribution < -0.4 is 10.6 Å². The van der Waals surface area contributed by atoms with Crippen LogP contribution >= 0.6 is 11.6 Å². The van der Waals surface area contributed by atoms with Gasteiger partial charge in [0.1, 0.15) is 5.82 Å². The van der Waals surface area contributed by atoms with E-state index in [0.717, 1.165) is 37.2 Å². The molecule has 2 aliphatic rings. The Morgan fingerprint density at radius 2 is 2.11 bits per heavy atom. The molecule has 2 fully saturated rings. The van der Waals surface area contributed by atoms with Gasteiger partial charge in [-0.25, -0.2) is 4.98 Å². The third-order valence-corrected chi connectivity index (χ3v) is 6.79. The molecule has 3 heterocycles. The first kappa shape index (κ1) is 19.2. The number of anilines is 1. The summed E-state index contributed by atoms with van der Waals surface area (Å²) in [5.41, 5.74) is 2.38. The highest BCUT2D eigenvalue weighted by molar-refractivity contribution is 6.20. The lowest BCUT2D eigenvalue weighted by atomic mass is 9.74. The lowest BCUT2D eigenvalue weighted by Gasteiger charge is -2.42. The smallest absolute Gasteiger partial charge is 0.225 e. The highest BCUT2D eigenvalue weighted by atomic mass is 35.5. The van der Waals surface area contributed by atoms with Crippen LogP contribution in [-0.4, -0.2) is 37.9 Å². The Hall–Kier alpha value is -2.08. The molecule has 1 aliphatic carbocycles. The minimum atomic E-state index is -0.106. The molecule has 0 spiro atoms. The molecule has 150 valence electrons. The molecular formula is C21H28ClN5O. The molecule has 2 aromatic rings. The number of carbonyl (C=O) groups is 1. The van der Waals surface area contributed by atoms with Crippen LogP contribution in [0.15, 0.2) is 24.5 Å². The first-order valence-corrected chi connectivity index (χ1v) is 10.5. The van der Waals surface area contributed by atoms with Crippen molar-refractivity contribution in [2.75, 3.05) is 5.32 Å². The topological polar surface area (TPSA) is 71.8 Å². The Labute approximate surface area is 171 Å². The third-order valence-electron chi connectivity index (χ3n) is 6.39. The maximum absolute atomic E-state index is 12.7. The van der Waals surface area contributed by atoms with E-state index in [1.807, 2.05) is 23.8 Å². The van der Waals surface area contributed by atoms with Crippen molar-refractivity contribution in [1.82, 2.24) is 19.9 Å². The molecule has 5 atom stereocenters. The Kier molecular flexibility index (Phi) is 5.32. The average molecular weight is 402 g/mol. The molecule has 28 heavy (non-hydrogen) atoms. The van der Waals surface area contributed by atoms with E-state index in [1.54, 1.807) is 6.20 Å². The fourth-order valence-corrected chi connectivity index (χ4v) is 4.88. The molecule has 1 aliphatic heterocycles. The van der Waals surface area contributed by atoms with Gasteiger partial charge in [-0.2, -0.15) is 4.98 Å². The number of hydrogen-bond donors (Lipinski definition) is 2. The first-order valence-electron chi connectivity index (χ1n) is 10.1. The second-order valence-electron chi connectivity index (χ2n) is 8.25. The van der Waals surface area contributed by atoms with Crippen molar-refractivity contribution < 1.29 is 4.79 Å². The molecule has 7 heteroatoms. The number of fused-ring (bicyclic) bond motifs is 1. The van der Waals surface area contributed by atoms with E-state index < -0.39 is 0 Å². The quantitative estimate of drug-likeness (QED) is 0.768. The molecule has 0 radical (unpaired) electrons. The number of aromatic nitrogens is 3. The van der Waals surface area contributed by atoms with Gasteiger partial charge in [-0.15, -0.1) is 11.6 Å². The summed E-state index contributed by atoms with van der Waals surface area (Å²) in [5.74, 6) is 1.85. The Balaban J connectivity index is 1.47. The molecule has 1 saturated heterocycles. The Morgan fingerprint density at radius 3 is 2.86 bits per heavy atom. The predicted molar refractivity (Wildman–Crippen MR) is 111 cm³/mol. The van der Waals surface area contributed by atoms with E-state index in [-0.39, 0.29) is 29.3 Å². The van der Waals surface area contributed by atoms with Crippen LogP contribution in [0.1, 0.15) is 43.9 Å². The Morgan fingerprint density at radius 1 is 1.29 bits per heavy atom. The number of rotatable bonds is 4. The van der Waals surface area contributed by atoms with Crippen LogP contribution in [0, 0.1) is 25.7 Å². The fraction of sp³-hybridized carbons (Fsp3) is 0.571. The van der Waals surface area contributed by atoms with Crippen molar-refractivity contribution in [1.29, 1.82) is 0 Å². The van der Waals surface area contributed by atoms with Gasteiger partial charge in [0.25, 0.3) is 0 Å². The standard InChI is InChI=1S/C21H28ClN5O/c1-12-7-9-27(14(12)3)19-6-8-23-21(26-19)24-13(2)17-11-15-10-16(22)4-5-18(15)25-20(17)28/h6-9,13,15-18H,4-5,10-11H2,1-3H3,(H,25,28)(H,23,24,26)/t13-,15?,16?,17?,18?/m0/s1. The summed E-state index contributed by atoms with van der Waals surface area (Å²) in [6.45, 7) is 6.19. The molecule has 0 aromatic carbocycles. The number of halogens is 1. The zero-order valence-corrected chi connectivity index (χ0v) is 17.4. The number of amides is 1. The third kappa shape index (κ3) is 3.75. The number of aryl methyl sites for hydroxylation is 1. The summed E-state index contributed by atoms with van der Waals surface area (Å²) in [7, 11) is 0. The van der Waals surface area contributed by atoms with Crippen LogP contribution in [-0.2, 0) is 4.79 Å². The normalized spacial score (nSPS) is 28.4. The lowest BCUT2D eigenvalue weighted by Crippen LogP contribution is -2.55. The monoisotopic (exact) mass is 401 g/mol. The molecule has 2 N–H and O–H groups in total. The van der Waals surface area contributed by atoms with Gasteiger partial charge < -0.3 is 15.2 Å². The summed E-state index contributed by atoms with van der Waals surface area (Å²) >= 11 is 6.37. The molecule has 4 rings (SSSR count). The number of piperidine rings is 1. The van der Waals surface area contributed by atoms with Gasteiger partial charge in [0.2, 0.25) is 11.9 Å². The first-order chi connectivity index (χ1) is 13.4. The summed E-state index contributed by atoms with van der Waals surface area (Å²) in [5, 5.41) is 6.81. The number of alkyl halides is 1. The highest BCUT2D eigenvalue weighted by Crippen LogP contribution is 2.36. The van der Waals surface area contributed by atoms with E-state index in [0.29, 0.717) is 11.9 Å². The van der Waals surface area contributed by atoms with Gasteiger partial charge in [-0.05, 0) is 70.1 Å². The summed E-state index contributed by atoms with van der Waals surface area (Å²) in [6.07, 6.45) is 7.58. The second-order valence-corrected chi connectivity index (χ2v) is 8.87. The second kappa shape index (κ2) is 7.74. The van der Waals surface area contributed by atoms with Crippen molar-refractivity contribution in [2.45, 2.75) is 63.9 Å². The minimum absolute atomic E-state index is 0.0561. The zero-order valence-electron chi connectivity index (χ0n) is 16.7. The zero-order chi connectivity index (χ0) is 19.8. The van der Waals surface area contributed by atoms with Gasteiger partial charge in [0, 0.05) is 35.5 Å². The van der Waals surface area contributed by atoms with Gasteiger partial charge in [-0.1, -0.05) is 0 Å². The van der Waals surface area contributed by atoms with Gasteiger partial charge in [-0.3, -0.25) is 4.79 Å². The molecular weight excluding hydrogens is 374 g/mol. The number of nitrogens with zero attached hydrogens (tertiary/aromatic N) is 3. The van der Waals surface area contributed by atoms with E-state index in [4.69, 9.17) is 11.6 Å². The molecule has 1 amide bonds. The van der Waals surface area contributed by atoms with Gasteiger partial charge in [0.15, 0.2) is 0 Å². The number of hydrogen-bond acceptors (Lipinski definition) is 4. The summed E-state index contributed by atoms with van der Waals surface area (Å²) in [6, 6.07) is 4.19. The molecule has 0 bridgehead atoms. The molecule has 4 unspecified atom stereocenters. The van der Waals surface area contributed by atoms with Gasteiger partial charge in [0.05, 0.1) is 5.92 Å². The minimum Gasteiger partial charge on any atom is -0.353 e. The maximum Gasteiger partial charge on any atom is 0.225 e. The molecule has 1 saturated carbocycles. The van der Waals surface area contributed by atoms with Crippen LogP contribution in [0.4, 0.5) is 5.95 Å². The lowest BCUT2D eigenvalue weighted by molar-refractivity contribution is -0.130. The summed E-state index contributed by atoms with van der Waals surface area (Å²) in [4.78, 5) is 21.7. The fourth-order valence-electron chi connectivity index (χ4n) is 4.53. The SMILES string of the molecule is Cc1ccn(-c2ccnc(N[C@@H](C)C3CC4CC(Cl)CCC4NC3=O)n2)c1C. The van der Waals surface area contributed by atoms with Crippen molar-refractivity contribution in [3.63, 3.8) is 0 Å². The van der Waals surface area contributed by atoms with Crippen LogP contribution in [0.25, 0.3) is 5.82 Å². The van der Waals surface area contributed by atoms with E-state index in [9.17, 15) is 4.79 Å².